The molecule has 0 aliphatic rings. The molecule has 0 saturated carbocycles. The van der Waals surface area contributed by atoms with Gasteiger partial charge in [0, 0.05) is 16.9 Å². The summed E-state index contributed by atoms with van der Waals surface area (Å²) in [5.41, 5.74) is 6.97. The topological polar surface area (TPSA) is 46.2 Å². The monoisotopic (exact) mass is 341 g/mol. The minimum absolute atomic E-state index is 0.0475. The summed E-state index contributed by atoms with van der Waals surface area (Å²) in [7, 11) is 0. The third-order valence-corrected chi connectivity index (χ3v) is 3.84. The number of halogens is 3. The number of hydrogen-bond acceptors (Lipinski definition) is 2. The molecule has 0 aliphatic heterocycles. The molecule has 0 heterocycles. The number of hydrogen-bond donors (Lipinski definition) is 2. The second-order valence-corrected chi connectivity index (χ2v) is 5.35. The van der Waals surface area contributed by atoms with E-state index >= 15 is 0 Å². The summed E-state index contributed by atoms with van der Waals surface area (Å²) in [5, 5.41) is 10.2. The van der Waals surface area contributed by atoms with Crippen LogP contribution in [0.3, 0.4) is 0 Å². The van der Waals surface area contributed by atoms with Crippen molar-refractivity contribution in [3.8, 4) is 0 Å². The lowest BCUT2D eigenvalue weighted by atomic mass is 9.86. The van der Waals surface area contributed by atoms with Crippen molar-refractivity contribution >= 4 is 15.9 Å². The zero-order chi connectivity index (χ0) is 14.7. The van der Waals surface area contributed by atoms with Crippen molar-refractivity contribution in [2.45, 2.75) is 12.0 Å². The van der Waals surface area contributed by atoms with Crippen molar-refractivity contribution in [1.29, 1.82) is 0 Å². The molecule has 0 bridgehead atoms. The molecule has 20 heavy (non-hydrogen) atoms. The van der Waals surface area contributed by atoms with Crippen molar-refractivity contribution in [3.05, 3.63) is 69.7 Å². The minimum Gasteiger partial charge on any atom is -0.391 e. The van der Waals surface area contributed by atoms with Crippen molar-refractivity contribution in [2.75, 3.05) is 6.54 Å². The first kappa shape index (κ1) is 15.1. The van der Waals surface area contributed by atoms with E-state index in [2.05, 4.69) is 15.9 Å². The maximum absolute atomic E-state index is 13.2. The molecule has 0 aromatic heterocycles. The third kappa shape index (κ3) is 3.23. The van der Waals surface area contributed by atoms with Gasteiger partial charge in [-0.2, -0.15) is 0 Å². The van der Waals surface area contributed by atoms with E-state index in [1.807, 2.05) is 0 Å². The summed E-state index contributed by atoms with van der Waals surface area (Å²) in [6, 6.07) is 10.1. The van der Waals surface area contributed by atoms with Crippen LogP contribution in [0.1, 0.15) is 17.0 Å². The molecule has 2 aromatic rings. The number of aliphatic hydroxyl groups excluding tert-OH is 1. The quantitative estimate of drug-likeness (QED) is 0.897. The molecule has 0 amide bonds. The van der Waals surface area contributed by atoms with Gasteiger partial charge in [-0.15, -0.1) is 0 Å². The molecule has 0 saturated heterocycles. The van der Waals surface area contributed by atoms with Crippen LogP contribution in [0.5, 0.6) is 0 Å². The highest BCUT2D eigenvalue weighted by atomic mass is 79.9. The summed E-state index contributed by atoms with van der Waals surface area (Å²) < 4.78 is 26.7. The zero-order valence-corrected chi connectivity index (χ0v) is 12.1. The second-order valence-electron chi connectivity index (χ2n) is 4.50. The molecule has 106 valence electrons. The van der Waals surface area contributed by atoms with E-state index in [1.165, 1.54) is 24.3 Å². The van der Waals surface area contributed by atoms with Crippen LogP contribution in [0.25, 0.3) is 0 Å². The van der Waals surface area contributed by atoms with Crippen molar-refractivity contribution < 1.29 is 13.9 Å². The molecule has 5 heteroatoms. The Morgan fingerprint density at radius 1 is 1.05 bits per heavy atom. The Morgan fingerprint density at radius 2 is 1.65 bits per heavy atom. The Hall–Kier alpha value is -1.30. The first-order valence-electron chi connectivity index (χ1n) is 6.11. The van der Waals surface area contributed by atoms with E-state index in [4.69, 9.17) is 5.73 Å². The van der Waals surface area contributed by atoms with E-state index < -0.39 is 12.0 Å². The Balaban J connectivity index is 2.49. The van der Waals surface area contributed by atoms with Crippen molar-refractivity contribution in [2.24, 2.45) is 5.73 Å². The van der Waals surface area contributed by atoms with Crippen LogP contribution in [-0.2, 0) is 0 Å². The first-order chi connectivity index (χ1) is 9.52. The van der Waals surface area contributed by atoms with Gasteiger partial charge in [-0.1, -0.05) is 34.1 Å². The molecule has 2 atom stereocenters. The van der Waals surface area contributed by atoms with Crippen molar-refractivity contribution in [3.63, 3.8) is 0 Å². The van der Waals surface area contributed by atoms with Gasteiger partial charge in [0.2, 0.25) is 0 Å². The molecule has 2 aromatic carbocycles. The van der Waals surface area contributed by atoms with Gasteiger partial charge >= 0.3 is 0 Å². The van der Waals surface area contributed by atoms with Gasteiger partial charge in [-0.25, -0.2) is 8.78 Å². The molecule has 0 aliphatic carbocycles. The second kappa shape index (κ2) is 6.43. The van der Waals surface area contributed by atoms with Gasteiger partial charge in [0.1, 0.15) is 11.6 Å². The normalized spacial score (nSPS) is 14.1. The van der Waals surface area contributed by atoms with Gasteiger partial charge in [0.15, 0.2) is 0 Å². The number of nitrogens with two attached hydrogens (primary N) is 1. The predicted molar refractivity (Wildman–Crippen MR) is 77.4 cm³/mol. The first-order valence-corrected chi connectivity index (χ1v) is 6.90. The highest BCUT2D eigenvalue weighted by molar-refractivity contribution is 9.10. The molecule has 3 N–H and O–H groups in total. The number of aliphatic hydroxyl groups is 1. The van der Waals surface area contributed by atoms with Gasteiger partial charge in [-0.05, 0) is 35.4 Å². The molecular weight excluding hydrogens is 328 g/mol. The van der Waals surface area contributed by atoms with E-state index in [0.717, 1.165) is 5.56 Å². The Morgan fingerprint density at radius 3 is 2.20 bits per heavy atom. The summed E-state index contributed by atoms with van der Waals surface area (Å²) in [5.74, 6) is -1.18. The smallest absolute Gasteiger partial charge is 0.124 e. The van der Waals surface area contributed by atoms with Crippen molar-refractivity contribution in [1.82, 2.24) is 0 Å². The van der Waals surface area contributed by atoms with Crippen LogP contribution in [0.15, 0.2) is 46.9 Å². The SMILES string of the molecule is NC[C@H](O)[C@H](c1ccc(F)cc1)c1ccc(F)cc1Br. The average molecular weight is 342 g/mol. The molecule has 0 spiro atoms. The molecular formula is C15H14BrF2NO. The summed E-state index contributed by atoms with van der Waals surface area (Å²) in [4.78, 5) is 0. The van der Waals surface area contributed by atoms with Crippen LogP contribution < -0.4 is 5.73 Å². The Bertz CT molecular complexity index is 589. The lowest BCUT2D eigenvalue weighted by Gasteiger charge is -2.24. The lowest BCUT2D eigenvalue weighted by molar-refractivity contribution is 0.164. The van der Waals surface area contributed by atoms with Crippen LogP contribution in [0.2, 0.25) is 0 Å². The minimum atomic E-state index is -0.845. The Labute approximate surface area is 124 Å². The van der Waals surface area contributed by atoms with Crippen LogP contribution >= 0.6 is 15.9 Å². The van der Waals surface area contributed by atoms with Gasteiger partial charge in [0.05, 0.1) is 6.10 Å². The molecule has 0 radical (unpaired) electrons. The molecule has 2 rings (SSSR count). The van der Waals surface area contributed by atoms with E-state index in [9.17, 15) is 13.9 Å². The van der Waals surface area contributed by atoms with Gasteiger partial charge in [0.25, 0.3) is 0 Å². The standard InChI is InChI=1S/C15H14BrF2NO/c16-13-7-11(18)5-6-12(13)15(14(20)8-19)9-1-3-10(17)4-2-9/h1-7,14-15,20H,8,19H2/t14-,15+/m0/s1. The maximum Gasteiger partial charge on any atom is 0.124 e. The highest BCUT2D eigenvalue weighted by Gasteiger charge is 2.24. The van der Waals surface area contributed by atoms with Crippen LogP contribution in [0.4, 0.5) is 8.78 Å². The number of benzene rings is 2. The Kier molecular flexibility index (Phi) is 4.86. The van der Waals surface area contributed by atoms with Crippen LogP contribution in [-0.4, -0.2) is 17.8 Å². The summed E-state index contributed by atoms with van der Waals surface area (Å²) in [6.45, 7) is 0.0475. The van der Waals surface area contributed by atoms with Crippen LogP contribution in [0, 0.1) is 11.6 Å². The summed E-state index contributed by atoms with van der Waals surface area (Å²) >= 11 is 3.29. The molecule has 0 unspecified atom stereocenters. The predicted octanol–water partition coefficient (Wildman–Crippen LogP) is 3.18. The fraction of sp³-hybridized carbons (Fsp3) is 0.200. The maximum atomic E-state index is 13.2. The van der Waals surface area contributed by atoms with Gasteiger partial charge in [-0.3, -0.25) is 0 Å². The molecule has 2 nitrogen and oxygen atoms in total. The molecule has 0 fully saturated rings. The van der Waals surface area contributed by atoms with E-state index in [-0.39, 0.29) is 18.2 Å². The van der Waals surface area contributed by atoms with Gasteiger partial charge < -0.3 is 10.8 Å². The fourth-order valence-corrected chi connectivity index (χ4v) is 2.77. The fourth-order valence-electron chi connectivity index (χ4n) is 2.17. The number of rotatable bonds is 4. The largest absolute Gasteiger partial charge is 0.391 e. The van der Waals surface area contributed by atoms with E-state index in [1.54, 1.807) is 18.2 Å². The average Bonchev–Trinajstić information content (AvgIpc) is 2.43. The van der Waals surface area contributed by atoms with E-state index in [0.29, 0.717) is 10.0 Å². The zero-order valence-electron chi connectivity index (χ0n) is 10.6. The lowest BCUT2D eigenvalue weighted by Crippen LogP contribution is -2.28. The third-order valence-electron chi connectivity index (χ3n) is 3.15. The highest BCUT2D eigenvalue weighted by Crippen LogP contribution is 2.33. The summed E-state index contributed by atoms with van der Waals surface area (Å²) in [6.07, 6.45) is -0.845.